The van der Waals surface area contributed by atoms with E-state index >= 15 is 0 Å². The van der Waals surface area contributed by atoms with E-state index in [9.17, 15) is 14.4 Å². The zero-order chi connectivity index (χ0) is 13.3. The molecule has 0 aromatic carbocycles. The number of rotatable bonds is 8. The van der Waals surface area contributed by atoms with E-state index < -0.39 is 23.9 Å². The van der Waals surface area contributed by atoms with Gasteiger partial charge in [-0.25, -0.2) is 0 Å². The van der Waals surface area contributed by atoms with E-state index in [0.29, 0.717) is 0 Å². The molecule has 0 aliphatic heterocycles. The number of carboxylic acid groups (broad SMARTS) is 1. The molecule has 0 aliphatic carbocycles. The van der Waals surface area contributed by atoms with Crippen LogP contribution in [0.5, 0.6) is 0 Å². The summed E-state index contributed by atoms with van der Waals surface area (Å²) in [6, 6.07) is 0. The average molecular weight is 247 g/mol. The summed E-state index contributed by atoms with van der Waals surface area (Å²) in [5.41, 5.74) is 5.03. The molecule has 8 nitrogen and oxygen atoms in total. The van der Waals surface area contributed by atoms with Gasteiger partial charge < -0.3 is 26.2 Å². The number of hydrogen-bond acceptors (Lipinski definition) is 5. The summed E-state index contributed by atoms with van der Waals surface area (Å²) in [4.78, 5) is 32.3. The molecule has 0 radical (unpaired) electrons. The van der Waals surface area contributed by atoms with Gasteiger partial charge in [0, 0.05) is 13.7 Å². The van der Waals surface area contributed by atoms with Crippen LogP contribution in [0.25, 0.3) is 0 Å². The Hall–Kier alpha value is -1.67. The zero-order valence-electron chi connectivity index (χ0n) is 9.56. The topological polar surface area (TPSA) is 131 Å². The maximum Gasteiger partial charge on any atom is 0.306 e. The third-order valence-electron chi connectivity index (χ3n) is 1.89. The second kappa shape index (κ2) is 8.48. The number of nitrogens with one attached hydrogen (secondary N) is 2. The van der Waals surface area contributed by atoms with E-state index in [4.69, 9.17) is 15.6 Å². The van der Waals surface area contributed by atoms with Crippen molar-refractivity contribution in [3.05, 3.63) is 0 Å². The number of hydrogen-bond donors (Lipinski definition) is 4. The molecule has 5 N–H and O–H groups in total. The molecule has 0 spiro atoms. The molecule has 2 amide bonds. The van der Waals surface area contributed by atoms with Gasteiger partial charge >= 0.3 is 5.97 Å². The Morgan fingerprint density at radius 1 is 1.29 bits per heavy atom. The normalized spacial score (nSPS) is 11.6. The van der Waals surface area contributed by atoms with E-state index in [1.54, 1.807) is 0 Å². The van der Waals surface area contributed by atoms with Crippen LogP contribution in [-0.4, -0.2) is 55.7 Å². The number of aliphatic carboxylic acids is 1. The van der Waals surface area contributed by atoms with Crippen LogP contribution in [0.4, 0.5) is 0 Å². The highest BCUT2D eigenvalue weighted by molar-refractivity contribution is 5.85. The van der Waals surface area contributed by atoms with E-state index in [1.807, 2.05) is 0 Å². The fraction of sp³-hybridized carbons (Fsp3) is 0.667. The zero-order valence-corrected chi connectivity index (χ0v) is 9.56. The molecule has 0 aromatic heterocycles. The number of methoxy groups -OCH3 is 1. The lowest BCUT2D eigenvalue weighted by Gasteiger charge is -2.14. The summed E-state index contributed by atoms with van der Waals surface area (Å²) in [5, 5.41) is 13.2. The molecule has 0 bridgehead atoms. The molecule has 0 heterocycles. The number of carbonyl (C=O) groups is 3. The molecular weight excluding hydrogens is 230 g/mol. The van der Waals surface area contributed by atoms with Crippen LogP contribution in [0.3, 0.4) is 0 Å². The van der Waals surface area contributed by atoms with E-state index in [1.165, 1.54) is 7.11 Å². The lowest BCUT2D eigenvalue weighted by molar-refractivity contribution is -0.140. The van der Waals surface area contributed by atoms with Crippen molar-refractivity contribution in [1.29, 1.82) is 0 Å². The fourth-order valence-corrected chi connectivity index (χ4v) is 0.975. The highest BCUT2D eigenvalue weighted by atomic mass is 16.5. The van der Waals surface area contributed by atoms with E-state index in [0.717, 1.165) is 0 Å². The van der Waals surface area contributed by atoms with Crippen molar-refractivity contribution in [2.75, 3.05) is 26.7 Å². The minimum atomic E-state index is -1.01. The van der Waals surface area contributed by atoms with Crippen LogP contribution in [0, 0.1) is 0 Å². The molecule has 0 saturated carbocycles. The first-order chi connectivity index (χ1) is 7.99. The molecule has 1 unspecified atom stereocenters. The summed E-state index contributed by atoms with van der Waals surface area (Å²) in [6.45, 7) is -0.313. The Morgan fingerprint density at radius 2 is 1.94 bits per heavy atom. The largest absolute Gasteiger partial charge is 0.481 e. The van der Waals surface area contributed by atoms with Gasteiger partial charge in [0.2, 0.25) is 11.8 Å². The summed E-state index contributed by atoms with van der Waals surface area (Å²) in [5.74, 6) is -1.88. The first kappa shape index (κ1) is 15.3. The molecular formula is C9H17N3O5. The Balaban J connectivity index is 3.80. The lowest BCUT2D eigenvalue weighted by Crippen LogP contribution is -2.42. The van der Waals surface area contributed by atoms with Gasteiger partial charge in [-0.2, -0.15) is 0 Å². The number of amides is 2. The van der Waals surface area contributed by atoms with Crippen molar-refractivity contribution in [3.8, 4) is 0 Å². The molecule has 98 valence electrons. The molecule has 1 atom stereocenters. The smallest absolute Gasteiger partial charge is 0.306 e. The number of carbonyl (C=O) groups excluding carboxylic acids is 2. The quantitative estimate of drug-likeness (QED) is 0.380. The van der Waals surface area contributed by atoms with Crippen molar-refractivity contribution in [2.24, 2.45) is 5.73 Å². The highest BCUT2D eigenvalue weighted by Crippen LogP contribution is 1.94. The second-order valence-electron chi connectivity index (χ2n) is 3.24. The van der Waals surface area contributed by atoms with Gasteiger partial charge in [-0.1, -0.05) is 0 Å². The van der Waals surface area contributed by atoms with Gasteiger partial charge in [0.1, 0.15) is 0 Å². The van der Waals surface area contributed by atoms with Crippen LogP contribution >= 0.6 is 0 Å². The Labute approximate surface area is 98.5 Å². The monoisotopic (exact) mass is 247 g/mol. The number of carboxylic acids is 1. The summed E-state index contributed by atoms with van der Waals surface area (Å²) in [7, 11) is 1.36. The highest BCUT2D eigenvalue weighted by Gasteiger charge is 2.13. The van der Waals surface area contributed by atoms with Gasteiger partial charge in [-0.15, -0.1) is 0 Å². The number of ether oxygens (including phenoxy) is 1. The van der Waals surface area contributed by atoms with Crippen molar-refractivity contribution in [2.45, 2.75) is 12.5 Å². The summed E-state index contributed by atoms with van der Waals surface area (Å²) in [6.07, 6.45) is -0.798. The standard InChI is InChI=1S/C9H17N3O5/c1-17-6(2-9(15)16)4-11-8(14)5-12-7(13)3-10/h6H,2-5,10H2,1H3,(H,11,14)(H,12,13)(H,15,16). The molecule has 0 fully saturated rings. The van der Waals surface area contributed by atoms with Gasteiger partial charge in [-0.3, -0.25) is 14.4 Å². The first-order valence-electron chi connectivity index (χ1n) is 4.97. The van der Waals surface area contributed by atoms with Gasteiger partial charge in [0.25, 0.3) is 0 Å². The SMILES string of the molecule is COC(CNC(=O)CNC(=O)CN)CC(=O)O. The third kappa shape index (κ3) is 8.17. The molecule has 0 saturated heterocycles. The minimum Gasteiger partial charge on any atom is -0.481 e. The lowest BCUT2D eigenvalue weighted by atomic mass is 10.2. The van der Waals surface area contributed by atoms with Gasteiger partial charge in [0.05, 0.1) is 25.6 Å². The Bertz CT molecular complexity index is 282. The Kier molecular flexibility index (Phi) is 7.65. The second-order valence-corrected chi connectivity index (χ2v) is 3.24. The average Bonchev–Trinajstić information content (AvgIpc) is 2.30. The summed E-state index contributed by atoms with van der Waals surface area (Å²) < 4.78 is 4.86. The van der Waals surface area contributed by atoms with Crippen molar-refractivity contribution in [3.63, 3.8) is 0 Å². The van der Waals surface area contributed by atoms with Gasteiger partial charge in [0.15, 0.2) is 0 Å². The van der Waals surface area contributed by atoms with E-state index in [-0.39, 0.29) is 26.1 Å². The van der Waals surface area contributed by atoms with Crippen LogP contribution < -0.4 is 16.4 Å². The minimum absolute atomic E-state index is 0.0696. The van der Waals surface area contributed by atoms with Gasteiger partial charge in [-0.05, 0) is 0 Å². The van der Waals surface area contributed by atoms with Crippen LogP contribution in [0.15, 0.2) is 0 Å². The summed E-state index contributed by atoms with van der Waals surface area (Å²) >= 11 is 0. The first-order valence-corrected chi connectivity index (χ1v) is 4.97. The van der Waals surface area contributed by atoms with Crippen LogP contribution in [0.2, 0.25) is 0 Å². The fourth-order valence-electron chi connectivity index (χ4n) is 0.975. The van der Waals surface area contributed by atoms with Crippen molar-refractivity contribution < 1.29 is 24.2 Å². The van der Waals surface area contributed by atoms with E-state index in [2.05, 4.69) is 10.6 Å². The van der Waals surface area contributed by atoms with Crippen LogP contribution in [-0.2, 0) is 19.1 Å². The Morgan fingerprint density at radius 3 is 2.41 bits per heavy atom. The van der Waals surface area contributed by atoms with Crippen molar-refractivity contribution >= 4 is 17.8 Å². The third-order valence-corrected chi connectivity index (χ3v) is 1.89. The molecule has 0 aromatic rings. The predicted molar refractivity (Wildman–Crippen MR) is 58.1 cm³/mol. The van der Waals surface area contributed by atoms with Crippen molar-refractivity contribution in [1.82, 2.24) is 10.6 Å². The molecule has 0 aliphatic rings. The molecule has 8 heteroatoms. The van der Waals surface area contributed by atoms with Crippen LogP contribution in [0.1, 0.15) is 6.42 Å². The predicted octanol–water partition coefficient (Wildman–Crippen LogP) is -2.33. The molecule has 0 rings (SSSR count). The maximum atomic E-state index is 11.2. The number of nitrogens with two attached hydrogens (primary N) is 1. The maximum absolute atomic E-state index is 11.2. The molecule has 17 heavy (non-hydrogen) atoms.